The molecule has 1 aliphatic rings. The fraction of sp³-hybridized carbons (Fsp3) is 0.762. The predicted molar refractivity (Wildman–Crippen MR) is 111 cm³/mol. The molecule has 0 spiro atoms. The number of aliphatic hydroxyl groups is 2. The SMILES string of the molecule is CCCCCCCCCCCC(=O)Nc1ccn(C2OC(CO)C(O)C2(F)F)c(=O)n1. The van der Waals surface area contributed by atoms with Gasteiger partial charge in [-0.15, -0.1) is 0 Å². The largest absolute Gasteiger partial charge is 0.394 e. The average Bonchev–Trinajstić information content (AvgIpc) is 2.96. The minimum atomic E-state index is -3.78. The van der Waals surface area contributed by atoms with E-state index >= 15 is 0 Å². The van der Waals surface area contributed by atoms with Gasteiger partial charge < -0.3 is 20.3 Å². The Morgan fingerprint density at radius 3 is 2.35 bits per heavy atom. The van der Waals surface area contributed by atoms with E-state index in [1.165, 1.54) is 38.2 Å². The summed E-state index contributed by atoms with van der Waals surface area (Å²) in [5.74, 6) is -4.12. The van der Waals surface area contributed by atoms with Crippen LogP contribution < -0.4 is 11.0 Å². The number of alkyl halides is 2. The third kappa shape index (κ3) is 7.05. The van der Waals surface area contributed by atoms with Crippen LogP contribution in [0.15, 0.2) is 17.1 Å². The van der Waals surface area contributed by atoms with E-state index in [2.05, 4.69) is 17.2 Å². The summed E-state index contributed by atoms with van der Waals surface area (Å²) in [5, 5.41) is 21.1. The zero-order valence-corrected chi connectivity index (χ0v) is 17.9. The Hall–Kier alpha value is -1.91. The van der Waals surface area contributed by atoms with Crippen molar-refractivity contribution >= 4 is 11.7 Å². The fourth-order valence-electron chi connectivity index (χ4n) is 3.58. The molecule has 3 N–H and O–H groups in total. The number of rotatable bonds is 13. The molecule has 0 bridgehead atoms. The summed E-state index contributed by atoms with van der Waals surface area (Å²) in [4.78, 5) is 27.8. The van der Waals surface area contributed by atoms with Crippen LogP contribution in [-0.2, 0) is 9.53 Å². The van der Waals surface area contributed by atoms with Crippen molar-refractivity contribution in [2.45, 2.75) is 95.5 Å². The van der Waals surface area contributed by atoms with Gasteiger partial charge in [0.25, 0.3) is 0 Å². The first-order valence-corrected chi connectivity index (χ1v) is 11.0. The van der Waals surface area contributed by atoms with Gasteiger partial charge in [-0.3, -0.25) is 9.36 Å². The molecule has 8 nitrogen and oxygen atoms in total. The second-order valence-corrected chi connectivity index (χ2v) is 7.96. The van der Waals surface area contributed by atoms with E-state index in [1.54, 1.807) is 0 Å². The Morgan fingerprint density at radius 2 is 1.81 bits per heavy atom. The van der Waals surface area contributed by atoms with Crippen LogP contribution in [0.4, 0.5) is 14.6 Å². The van der Waals surface area contributed by atoms with Gasteiger partial charge in [-0.1, -0.05) is 58.3 Å². The summed E-state index contributed by atoms with van der Waals surface area (Å²) in [5.41, 5.74) is -1.06. The molecule has 31 heavy (non-hydrogen) atoms. The van der Waals surface area contributed by atoms with Crippen LogP contribution in [0.25, 0.3) is 0 Å². The number of ether oxygens (including phenoxy) is 1. The van der Waals surface area contributed by atoms with Gasteiger partial charge in [-0.25, -0.2) is 4.79 Å². The molecule has 0 saturated carbocycles. The number of unbranched alkanes of at least 4 members (excludes halogenated alkanes) is 8. The number of carbonyl (C=O) groups is 1. The highest BCUT2D eigenvalue weighted by atomic mass is 19.3. The van der Waals surface area contributed by atoms with Crippen molar-refractivity contribution in [2.75, 3.05) is 11.9 Å². The van der Waals surface area contributed by atoms with Crippen molar-refractivity contribution in [1.29, 1.82) is 0 Å². The van der Waals surface area contributed by atoms with Crippen molar-refractivity contribution in [1.82, 2.24) is 9.55 Å². The molecule has 10 heteroatoms. The van der Waals surface area contributed by atoms with Gasteiger partial charge in [0, 0.05) is 12.6 Å². The lowest BCUT2D eigenvalue weighted by molar-refractivity contribution is -0.141. The van der Waals surface area contributed by atoms with Crippen molar-refractivity contribution in [3.05, 3.63) is 22.7 Å². The molecule has 1 saturated heterocycles. The lowest BCUT2D eigenvalue weighted by Crippen LogP contribution is -2.41. The van der Waals surface area contributed by atoms with E-state index in [1.807, 2.05) is 0 Å². The number of carbonyl (C=O) groups excluding carboxylic acids is 1. The number of aliphatic hydroxyl groups excluding tert-OH is 2. The number of hydrogen-bond acceptors (Lipinski definition) is 6. The molecule has 0 radical (unpaired) electrons. The van der Waals surface area contributed by atoms with Gasteiger partial charge in [0.05, 0.1) is 6.61 Å². The number of halogens is 2. The van der Waals surface area contributed by atoms with E-state index in [9.17, 15) is 23.5 Å². The first-order chi connectivity index (χ1) is 14.8. The average molecular weight is 446 g/mol. The minimum absolute atomic E-state index is 0.0391. The van der Waals surface area contributed by atoms with E-state index in [-0.39, 0.29) is 18.1 Å². The third-order valence-electron chi connectivity index (χ3n) is 5.42. The number of aromatic nitrogens is 2. The molecule has 1 aliphatic heterocycles. The van der Waals surface area contributed by atoms with Crippen LogP contribution in [0.3, 0.4) is 0 Å². The summed E-state index contributed by atoms with van der Waals surface area (Å²) in [6.07, 6.45) is 5.61. The van der Waals surface area contributed by atoms with Gasteiger partial charge in [0.2, 0.25) is 12.1 Å². The second kappa shape index (κ2) is 12.2. The number of anilines is 1. The third-order valence-corrected chi connectivity index (χ3v) is 5.42. The van der Waals surface area contributed by atoms with Gasteiger partial charge in [0.1, 0.15) is 11.9 Å². The number of amides is 1. The van der Waals surface area contributed by atoms with E-state index in [0.717, 1.165) is 31.9 Å². The molecule has 2 heterocycles. The normalized spacial score (nSPS) is 22.5. The summed E-state index contributed by atoms with van der Waals surface area (Å²) >= 11 is 0. The van der Waals surface area contributed by atoms with Crippen molar-refractivity contribution in [2.24, 2.45) is 0 Å². The molecular formula is C21H33F2N3O5. The van der Waals surface area contributed by atoms with Crippen molar-refractivity contribution in [3.63, 3.8) is 0 Å². The highest BCUT2D eigenvalue weighted by Gasteiger charge is 2.59. The van der Waals surface area contributed by atoms with Crippen LogP contribution in [0, 0.1) is 0 Å². The van der Waals surface area contributed by atoms with Crippen LogP contribution in [0.1, 0.15) is 77.4 Å². The van der Waals surface area contributed by atoms with Crippen LogP contribution in [-0.4, -0.2) is 50.4 Å². The van der Waals surface area contributed by atoms with Gasteiger partial charge in [-0.2, -0.15) is 13.8 Å². The Morgan fingerprint density at radius 1 is 1.19 bits per heavy atom. The molecule has 3 atom stereocenters. The molecule has 0 aromatic carbocycles. The maximum absolute atomic E-state index is 14.2. The zero-order valence-electron chi connectivity index (χ0n) is 17.9. The number of hydrogen-bond donors (Lipinski definition) is 3. The van der Waals surface area contributed by atoms with E-state index in [4.69, 9.17) is 9.84 Å². The van der Waals surface area contributed by atoms with Crippen LogP contribution in [0.2, 0.25) is 0 Å². The Kier molecular flexibility index (Phi) is 9.98. The van der Waals surface area contributed by atoms with E-state index in [0.29, 0.717) is 4.57 Å². The molecule has 2 rings (SSSR count). The minimum Gasteiger partial charge on any atom is -0.394 e. The molecule has 0 aliphatic carbocycles. The molecule has 1 aromatic heterocycles. The Bertz CT molecular complexity index is 759. The maximum Gasteiger partial charge on any atom is 0.351 e. The van der Waals surface area contributed by atoms with Gasteiger partial charge >= 0.3 is 11.6 Å². The smallest absolute Gasteiger partial charge is 0.351 e. The van der Waals surface area contributed by atoms with Crippen LogP contribution in [0.5, 0.6) is 0 Å². The Labute approximate surface area is 180 Å². The zero-order chi connectivity index (χ0) is 22.9. The molecule has 176 valence electrons. The molecule has 1 aromatic rings. The summed E-state index contributed by atoms with van der Waals surface area (Å²) in [7, 11) is 0. The Balaban J connectivity index is 1.78. The topological polar surface area (TPSA) is 114 Å². The number of nitrogens with one attached hydrogen (secondary N) is 1. The second-order valence-electron chi connectivity index (χ2n) is 7.96. The van der Waals surface area contributed by atoms with Gasteiger partial charge in [0.15, 0.2) is 6.10 Å². The summed E-state index contributed by atoms with van der Waals surface area (Å²) in [6.45, 7) is 1.37. The molecule has 1 amide bonds. The molecular weight excluding hydrogens is 412 g/mol. The van der Waals surface area contributed by atoms with Crippen LogP contribution >= 0.6 is 0 Å². The summed E-state index contributed by atoms with van der Waals surface area (Å²) < 4.78 is 33.8. The monoisotopic (exact) mass is 445 g/mol. The lowest BCUT2D eigenvalue weighted by atomic mass is 10.1. The van der Waals surface area contributed by atoms with Crippen molar-refractivity contribution in [3.8, 4) is 0 Å². The highest BCUT2D eigenvalue weighted by Crippen LogP contribution is 2.41. The summed E-state index contributed by atoms with van der Waals surface area (Å²) in [6, 6.07) is 1.22. The van der Waals surface area contributed by atoms with Crippen molar-refractivity contribution < 1.29 is 28.5 Å². The van der Waals surface area contributed by atoms with E-state index < -0.39 is 36.7 Å². The maximum atomic E-state index is 14.2. The van der Waals surface area contributed by atoms with Gasteiger partial charge in [-0.05, 0) is 12.5 Å². The standard InChI is InChI=1S/C21H33F2N3O5/c1-2-3-4-5-6-7-8-9-10-11-17(28)24-16-12-13-26(20(30)25-16)19-21(22,23)18(29)15(14-27)31-19/h12-13,15,18-19,27,29H,2-11,14H2,1H3,(H,24,25,28,30). The molecule has 3 unspecified atom stereocenters. The lowest BCUT2D eigenvalue weighted by Gasteiger charge is -2.21. The fourth-order valence-corrected chi connectivity index (χ4v) is 3.58. The first kappa shape index (κ1) is 25.4. The first-order valence-electron chi connectivity index (χ1n) is 11.0. The number of nitrogens with zero attached hydrogens (tertiary/aromatic N) is 2. The predicted octanol–water partition coefficient (Wildman–Crippen LogP) is 2.99. The molecule has 1 fully saturated rings. The quantitative estimate of drug-likeness (QED) is 0.402. The highest BCUT2D eigenvalue weighted by molar-refractivity contribution is 5.89.